The van der Waals surface area contributed by atoms with E-state index in [1.807, 2.05) is 0 Å². The summed E-state index contributed by atoms with van der Waals surface area (Å²) in [4.78, 5) is 8.65. The average molecular weight is 311 g/mol. The molecule has 1 saturated carbocycles. The molecule has 0 saturated heterocycles. The van der Waals surface area contributed by atoms with Crippen molar-refractivity contribution in [1.29, 1.82) is 0 Å². The summed E-state index contributed by atoms with van der Waals surface area (Å²) in [6.45, 7) is 0. The lowest BCUT2D eigenvalue weighted by Gasteiger charge is -2.27. The zero-order valence-corrected chi connectivity index (χ0v) is 12.8. The smallest absolute Gasteiger partial charge is 0.229 e. The largest absolute Gasteiger partial charge is 0.372 e. The van der Waals surface area contributed by atoms with Gasteiger partial charge in [0.25, 0.3) is 0 Å². The van der Waals surface area contributed by atoms with Gasteiger partial charge in [-0.3, -0.25) is 0 Å². The van der Waals surface area contributed by atoms with Crippen molar-refractivity contribution in [2.24, 2.45) is 11.7 Å². The van der Waals surface area contributed by atoms with Crippen molar-refractivity contribution in [3.8, 4) is 11.8 Å². The molecule has 0 radical (unpaired) electrons. The van der Waals surface area contributed by atoms with E-state index in [9.17, 15) is 4.39 Å². The number of nitrogens with zero attached hydrogens (tertiary/aromatic N) is 2. The lowest BCUT2D eigenvalue weighted by Crippen LogP contribution is -2.35. The molecular weight excluding hydrogens is 293 g/mol. The number of nitrogens with one attached hydrogen (secondary N) is 2. The van der Waals surface area contributed by atoms with E-state index in [4.69, 9.17) is 5.73 Å². The van der Waals surface area contributed by atoms with E-state index in [0.717, 1.165) is 24.1 Å². The van der Waals surface area contributed by atoms with Crippen molar-refractivity contribution in [1.82, 2.24) is 9.97 Å². The van der Waals surface area contributed by atoms with Crippen LogP contribution >= 0.6 is 0 Å². The SMILES string of the molecule is CNc1nc(Nc2ccc(F)cc2)ncc1C#CC1CC(N)C1. The fourth-order valence-electron chi connectivity index (χ4n) is 2.35. The van der Waals surface area contributed by atoms with Crippen molar-refractivity contribution in [2.45, 2.75) is 18.9 Å². The highest BCUT2D eigenvalue weighted by Crippen LogP contribution is 2.25. The van der Waals surface area contributed by atoms with E-state index in [2.05, 4.69) is 32.4 Å². The number of hydrogen-bond acceptors (Lipinski definition) is 5. The average Bonchev–Trinajstić information content (AvgIpc) is 2.53. The van der Waals surface area contributed by atoms with Crippen LogP contribution in [-0.2, 0) is 0 Å². The standard InChI is InChI=1S/C17H18FN5/c1-20-16-12(3-2-11-8-14(19)9-11)10-21-17(23-16)22-15-6-4-13(18)5-7-15/h4-7,10-11,14H,8-9,19H2,1H3,(H2,20,21,22,23). The summed E-state index contributed by atoms with van der Waals surface area (Å²) in [6.07, 6.45) is 3.58. The number of benzene rings is 1. The van der Waals surface area contributed by atoms with Crippen LogP contribution in [0.5, 0.6) is 0 Å². The van der Waals surface area contributed by atoms with E-state index < -0.39 is 0 Å². The molecule has 1 aromatic carbocycles. The van der Waals surface area contributed by atoms with E-state index in [-0.39, 0.29) is 11.9 Å². The minimum absolute atomic E-state index is 0.284. The number of rotatable bonds is 3. The number of halogens is 1. The fourth-order valence-corrected chi connectivity index (χ4v) is 2.35. The van der Waals surface area contributed by atoms with Crippen molar-refractivity contribution >= 4 is 17.5 Å². The normalized spacial score (nSPS) is 19.3. The maximum Gasteiger partial charge on any atom is 0.229 e. The third-order valence-corrected chi connectivity index (χ3v) is 3.71. The summed E-state index contributed by atoms with van der Waals surface area (Å²) in [5.74, 6) is 7.48. The molecule has 0 bridgehead atoms. The van der Waals surface area contributed by atoms with Crippen LogP contribution in [0.15, 0.2) is 30.5 Å². The zero-order valence-electron chi connectivity index (χ0n) is 12.8. The van der Waals surface area contributed by atoms with E-state index in [1.165, 1.54) is 12.1 Å². The second kappa shape index (κ2) is 6.63. The van der Waals surface area contributed by atoms with Crippen LogP contribution in [0.2, 0.25) is 0 Å². The van der Waals surface area contributed by atoms with Crippen LogP contribution in [0.25, 0.3) is 0 Å². The van der Waals surface area contributed by atoms with Crippen molar-refractivity contribution in [2.75, 3.05) is 17.7 Å². The van der Waals surface area contributed by atoms with Crippen molar-refractivity contribution in [3.63, 3.8) is 0 Å². The van der Waals surface area contributed by atoms with Crippen LogP contribution in [0.3, 0.4) is 0 Å². The van der Waals surface area contributed by atoms with Gasteiger partial charge >= 0.3 is 0 Å². The Morgan fingerprint density at radius 1 is 1.26 bits per heavy atom. The van der Waals surface area contributed by atoms with Gasteiger partial charge in [0.1, 0.15) is 11.6 Å². The minimum Gasteiger partial charge on any atom is -0.372 e. The molecule has 118 valence electrons. The summed E-state index contributed by atoms with van der Waals surface area (Å²) < 4.78 is 12.9. The first-order valence-electron chi connectivity index (χ1n) is 7.48. The lowest BCUT2D eigenvalue weighted by molar-refractivity contribution is 0.335. The molecule has 4 N–H and O–H groups in total. The second-order valence-electron chi connectivity index (χ2n) is 5.54. The Morgan fingerprint density at radius 2 is 2.00 bits per heavy atom. The highest BCUT2D eigenvalue weighted by molar-refractivity contribution is 5.59. The Labute approximate surface area is 134 Å². The molecule has 0 atom stereocenters. The van der Waals surface area contributed by atoms with Crippen LogP contribution in [0.1, 0.15) is 18.4 Å². The molecule has 3 rings (SSSR count). The molecule has 0 spiro atoms. The molecule has 1 fully saturated rings. The quantitative estimate of drug-likeness (QED) is 0.759. The Morgan fingerprint density at radius 3 is 2.65 bits per heavy atom. The summed E-state index contributed by atoms with van der Waals surface area (Å²) >= 11 is 0. The molecule has 6 heteroatoms. The monoisotopic (exact) mass is 311 g/mol. The van der Waals surface area contributed by atoms with Gasteiger partial charge in [-0.05, 0) is 37.1 Å². The molecule has 2 aromatic rings. The minimum atomic E-state index is -0.284. The number of aromatic nitrogens is 2. The van der Waals surface area contributed by atoms with Gasteiger partial charge < -0.3 is 16.4 Å². The maximum absolute atomic E-state index is 12.9. The van der Waals surface area contributed by atoms with Gasteiger partial charge in [0, 0.05) is 24.7 Å². The molecule has 0 unspecified atom stereocenters. The first-order chi connectivity index (χ1) is 11.1. The van der Waals surface area contributed by atoms with Gasteiger partial charge in [-0.1, -0.05) is 11.8 Å². The molecule has 1 aromatic heterocycles. The zero-order chi connectivity index (χ0) is 16.2. The first-order valence-corrected chi connectivity index (χ1v) is 7.48. The highest BCUT2D eigenvalue weighted by Gasteiger charge is 2.23. The molecule has 0 amide bonds. The predicted molar refractivity (Wildman–Crippen MR) is 88.8 cm³/mol. The Hall–Kier alpha value is -2.65. The molecule has 5 nitrogen and oxygen atoms in total. The summed E-state index contributed by atoms with van der Waals surface area (Å²) in [5.41, 5.74) is 7.23. The highest BCUT2D eigenvalue weighted by atomic mass is 19.1. The Kier molecular flexibility index (Phi) is 4.40. The summed E-state index contributed by atoms with van der Waals surface area (Å²) in [5, 5.41) is 6.05. The first kappa shape index (κ1) is 15.3. The van der Waals surface area contributed by atoms with Gasteiger partial charge in [0.2, 0.25) is 5.95 Å². The predicted octanol–water partition coefficient (Wildman–Crippen LogP) is 2.49. The van der Waals surface area contributed by atoms with Crippen molar-refractivity contribution in [3.05, 3.63) is 41.8 Å². The molecule has 0 aliphatic heterocycles. The van der Waals surface area contributed by atoms with E-state index >= 15 is 0 Å². The Balaban J connectivity index is 1.75. The van der Waals surface area contributed by atoms with Crippen molar-refractivity contribution < 1.29 is 4.39 Å². The summed E-state index contributed by atoms with van der Waals surface area (Å²) in [6, 6.07) is 6.31. The third kappa shape index (κ3) is 3.76. The molecule has 1 aliphatic rings. The van der Waals surface area contributed by atoms with Gasteiger partial charge in [0.05, 0.1) is 11.8 Å². The number of hydrogen-bond donors (Lipinski definition) is 3. The molecule has 1 heterocycles. The maximum atomic E-state index is 12.9. The fraction of sp³-hybridized carbons (Fsp3) is 0.294. The van der Waals surface area contributed by atoms with Gasteiger partial charge in [-0.15, -0.1) is 0 Å². The van der Waals surface area contributed by atoms with Gasteiger partial charge in [-0.25, -0.2) is 9.37 Å². The lowest BCUT2D eigenvalue weighted by atomic mass is 9.81. The molecule has 1 aliphatic carbocycles. The Bertz CT molecular complexity index is 742. The van der Waals surface area contributed by atoms with Gasteiger partial charge in [0.15, 0.2) is 0 Å². The second-order valence-corrected chi connectivity index (χ2v) is 5.54. The summed E-state index contributed by atoms with van der Waals surface area (Å²) in [7, 11) is 1.79. The van der Waals surface area contributed by atoms with Gasteiger partial charge in [-0.2, -0.15) is 4.98 Å². The van der Waals surface area contributed by atoms with E-state index in [1.54, 1.807) is 25.4 Å². The molecule has 23 heavy (non-hydrogen) atoms. The van der Waals surface area contributed by atoms with Crippen LogP contribution in [0.4, 0.5) is 21.8 Å². The molecular formula is C17H18FN5. The number of nitrogens with two attached hydrogens (primary N) is 1. The number of anilines is 3. The van der Waals surface area contributed by atoms with Crippen LogP contribution in [-0.4, -0.2) is 23.1 Å². The topological polar surface area (TPSA) is 75.9 Å². The van der Waals surface area contributed by atoms with E-state index in [0.29, 0.717) is 17.7 Å². The van der Waals surface area contributed by atoms with Crippen LogP contribution < -0.4 is 16.4 Å². The van der Waals surface area contributed by atoms with Crippen LogP contribution in [0, 0.1) is 23.6 Å². The third-order valence-electron chi connectivity index (χ3n) is 3.71.